The van der Waals surface area contributed by atoms with E-state index in [1.807, 2.05) is 19.9 Å². The lowest BCUT2D eigenvalue weighted by molar-refractivity contribution is 0.579. The Morgan fingerprint density at radius 2 is 2.11 bits per heavy atom. The minimum atomic E-state index is -0.430. The first kappa shape index (κ1) is 14.0. The van der Waals surface area contributed by atoms with Crippen LogP contribution in [0.25, 0.3) is 0 Å². The lowest BCUT2D eigenvalue weighted by atomic mass is 9.99. The summed E-state index contributed by atoms with van der Waals surface area (Å²) in [6.07, 6.45) is 0.471. The Labute approximate surface area is 117 Å². The number of nitrogens with zero attached hydrogens (tertiary/aromatic N) is 2. The normalized spacial score (nSPS) is 12.7. The number of aromatic nitrogens is 2. The highest BCUT2D eigenvalue weighted by Gasteiger charge is 2.18. The van der Waals surface area contributed by atoms with Crippen LogP contribution in [0.5, 0.6) is 0 Å². The molecular weight excluding hydrogens is 265 g/mol. The molecule has 0 amide bonds. The zero-order chi connectivity index (χ0) is 14.2. The van der Waals surface area contributed by atoms with Crippen LogP contribution in [-0.2, 0) is 13.5 Å². The average Bonchev–Trinajstić information content (AvgIpc) is 2.56. The fourth-order valence-corrected chi connectivity index (χ4v) is 2.42. The van der Waals surface area contributed by atoms with E-state index >= 15 is 0 Å². The van der Waals surface area contributed by atoms with Gasteiger partial charge in [0.2, 0.25) is 0 Å². The summed E-state index contributed by atoms with van der Waals surface area (Å²) < 4.78 is 15.5. The second-order valence-electron chi connectivity index (χ2n) is 4.81. The topological polar surface area (TPSA) is 43.8 Å². The van der Waals surface area contributed by atoms with Gasteiger partial charge in [-0.1, -0.05) is 23.7 Å². The summed E-state index contributed by atoms with van der Waals surface area (Å²) in [6.45, 7) is 3.72. The molecule has 2 aromatic rings. The summed E-state index contributed by atoms with van der Waals surface area (Å²) in [5.74, 6) is -0.273. The van der Waals surface area contributed by atoms with E-state index < -0.39 is 6.04 Å². The van der Waals surface area contributed by atoms with Gasteiger partial charge in [-0.05, 0) is 31.9 Å². The van der Waals surface area contributed by atoms with Crippen molar-refractivity contribution in [3.8, 4) is 0 Å². The fourth-order valence-electron chi connectivity index (χ4n) is 2.17. The van der Waals surface area contributed by atoms with E-state index in [2.05, 4.69) is 5.10 Å². The van der Waals surface area contributed by atoms with Gasteiger partial charge < -0.3 is 5.73 Å². The van der Waals surface area contributed by atoms with Gasteiger partial charge >= 0.3 is 0 Å². The van der Waals surface area contributed by atoms with Crippen molar-refractivity contribution in [3.63, 3.8) is 0 Å². The maximum atomic E-state index is 13.9. The minimum absolute atomic E-state index is 0.273. The summed E-state index contributed by atoms with van der Waals surface area (Å²) in [5.41, 5.74) is 9.17. The SMILES string of the molecule is Cc1ccc(C(N)Cc2c(C)nn(C)c2Cl)c(F)c1. The van der Waals surface area contributed by atoms with Crippen molar-refractivity contribution in [2.75, 3.05) is 0 Å². The van der Waals surface area contributed by atoms with E-state index in [0.29, 0.717) is 17.1 Å². The second-order valence-corrected chi connectivity index (χ2v) is 5.17. The molecule has 0 fully saturated rings. The van der Waals surface area contributed by atoms with E-state index in [1.165, 1.54) is 6.07 Å². The molecule has 0 radical (unpaired) electrons. The average molecular weight is 282 g/mol. The number of halogens is 2. The molecule has 1 unspecified atom stereocenters. The van der Waals surface area contributed by atoms with Gasteiger partial charge in [0.05, 0.1) is 5.69 Å². The molecule has 1 atom stereocenters. The van der Waals surface area contributed by atoms with E-state index in [4.69, 9.17) is 17.3 Å². The van der Waals surface area contributed by atoms with Crippen LogP contribution in [0.1, 0.15) is 28.4 Å². The number of rotatable bonds is 3. The van der Waals surface area contributed by atoms with Crippen LogP contribution in [0, 0.1) is 19.7 Å². The van der Waals surface area contributed by atoms with Gasteiger partial charge in [0.15, 0.2) is 0 Å². The van der Waals surface area contributed by atoms with Crippen LogP contribution in [-0.4, -0.2) is 9.78 Å². The zero-order valence-electron chi connectivity index (χ0n) is 11.2. The molecule has 5 heteroatoms. The van der Waals surface area contributed by atoms with E-state index in [0.717, 1.165) is 16.8 Å². The molecule has 0 aliphatic carbocycles. The second kappa shape index (κ2) is 5.31. The highest BCUT2D eigenvalue weighted by molar-refractivity contribution is 6.30. The lowest BCUT2D eigenvalue weighted by Crippen LogP contribution is -2.15. The molecule has 102 valence electrons. The third-order valence-electron chi connectivity index (χ3n) is 3.25. The first-order valence-electron chi connectivity index (χ1n) is 6.09. The molecule has 3 nitrogen and oxygen atoms in total. The summed E-state index contributed by atoms with van der Waals surface area (Å²) in [7, 11) is 1.77. The Bertz CT molecular complexity index is 607. The molecule has 0 saturated carbocycles. The molecule has 1 aromatic carbocycles. The van der Waals surface area contributed by atoms with Gasteiger partial charge in [-0.15, -0.1) is 0 Å². The highest BCUT2D eigenvalue weighted by atomic mass is 35.5. The number of benzene rings is 1. The minimum Gasteiger partial charge on any atom is -0.324 e. The summed E-state index contributed by atoms with van der Waals surface area (Å²) in [6, 6.07) is 4.65. The molecule has 19 heavy (non-hydrogen) atoms. The molecule has 0 bridgehead atoms. The van der Waals surface area contributed by atoms with Crippen LogP contribution >= 0.6 is 11.6 Å². The third kappa shape index (κ3) is 2.80. The third-order valence-corrected chi connectivity index (χ3v) is 3.72. The Morgan fingerprint density at radius 3 is 2.63 bits per heavy atom. The maximum Gasteiger partial charge on any atom is 0.130 e. The smallest absolute Gasteiger partial charge is 0.130 e. The Morgan fingerprint density at radius 1 is 1.42 bits per heavy atom. The maximum absolute atomic E-state index is 13.9. The van der Waals surface area contributed by atoms with Gasteiger partial charge in [-0.25, -0.2) is 4.39 Å². The standard InChI is InChI=1S/C14H17ClFN3/c1-8-4-5-10(12(16)6-8)13(17)7-11-9(2)18-19(3)14(11)15/h4-6,13H,7,17H2,1-3H3. The van der Waals surface area contributed by atoms with Crippen molar-refractivity contribution in [1.82, 2.24) is 9.78 Å². The van der Waals surface area contributed by atoms with E-state index in [-0.39, 0.29) is 5.82 Å². The van der Waals surface area contributed by atoms with E-state index in [9.17, 15) is 4.39 Å². The first-order chi connectivity index (χ1) is 8.90. The lowest BCUT2D eigenvalue weighted by Gasteiger charge is -2.13. The van der Waals surface area contributed by atoms with Gasteiger partial charge in [0.1, 0.15) is 11.0 Å². The van der Waals surface area contributed by atoms with Crippen LogP contribution in [0.3, 0.4) is 0 Å². The molecule has 0 saturated heterocycles. The molecule has 1 heterocycles. The highest BCUT2D eigenvalue weighted by Crippen LogP contribution is 2.26. The van der Waals surface area contributed by atoms with E-state index in [1.54, 1.807) is 17.8 Å². The molecule has 2 N–H and O–H groups in total. The van der Waals surface area contributed by atoms with Gasteiger partial charge in [-0.3, -0.25) is 4.68 Å². The number of nitrogens with two attached hydrogens (primary N) is 1. The van der Waals surface area contributed by atoms with Gasteiger partial charge in [0.25, 0.3) is 0 Å². The predicted octanol–water partition coefficient (Wildman–Crippen LogP) is 3.07. The Balaban J connectivity index is 2.28. The fraction of sp³-hybridized carbons (Fsp3) is 0.357. The van der Waals surface area contributed by atoms with Gasteiger partial charge in [-0.2, -0.15) is 5.10 Å². The van der Waals surface area contributed by atoms with Crippen molar-refractivity contribution in [2.45, 2.75) is 26.3 Å². The number of hydrogen-bond acceptors (Lipinski definition) is 2. The molecule has 0 spiro atoms. The molecule has 1 aromatic heterocycles. The Hall–Kier alpha value is -1.39. The van der Waals surface area contributed by atoms with Crippen molar-refractivity contribution in [3.05, 3.63) is 51.6 Å². The van der Waals surface area contributed by atoms with Crippen molar-refractivity contribution in [2.24, 2.45) is 12.8 Å². The summed E-state index contributed by atoms with van der Waals surface area (Å²) in [4.78, 5) is 0. The molecule has 0 aliphatic rings. The number of aryl methyl sites for hydroxylation is 3. The number of hydrogen-bond donors (Lipinski definition) is 1. The van der Waals surface area contributed by atoms with Crippen molar-refractivity contribution >= 4 is 11.6 Å². The van der Waals surface area contributed by atoms with Crippen molar-refractivity contribution in [1.29, 1.82) is 0 Å². The van der Waals surface area contributed by atoms with Crippen molar-refractivity contribution < 1.29 is 4.39 Å². The van der Waals surface area contributed by atoms with Gasteiger partial charge in [0, 0.05) is 24.2 Å². The van der Waals surface area contributed by atoms with Crippen LogP contribution in [0.15, 0.2) is 18.2 Å². The monoisotopic (exact) mass is 281 g/mol. The Kier molecular flexibility index (Phi) is 3.92. The summed E-state index contributed by atoms with van der Waals surface area (Å²) >= 11 is 6.16. The predicted molar refractivity (Wildman–Crippen MR) is 74.7 cm³/mol. The van der Waals surface area contributed by atoms with Crippen LogP contribution < -0.4 is 5.73 Å². The molecule has 2 rings (SSSR count). The molecule has 0 aliphatic heterocycles. The zero-order valence-corrected chi connectivity index (χ0v) is 12.0. The summed E-state index contributed by atoms with van der Waals surface area (Å²) in [5, 5.41) is 4.79. The first-order valence-corrected chi connectivity index (χ1v) is 6.47. The quantitative estimate of drug-likeness (QED) is 0.940. The van der Waals surface area contributed by atoms with Crippen LogP contribution in [0.4, 0.5) is 4.39 Å². The van der Waals surface area contributed by atoms with Crippen LogP contribution in [0.2, 0.25) is 5.15 Å². The largest absolute Gasteiger partial charge is 0.324 e. The molecular formula is C14H17ClFN3.